The molecule has 13 nitrogen and oxygen atoms in total. The van der Waals surface area contributed by atoms with Crippen molar-refractivity contribution in [2.45, 2.75) is 89.4 Å². The molecule has 5 N–H and O–H groups in total. The molecule has 234 valence electrons. The van der Waals surface area contributed by atoms with Crippen molar-refractivity contribution in [3.8, 4) is 0 Å². The lowest BCUT2D eigenvalue weighted by Crippen LogP contribution is -2.55. The van der Waals surface area contributed by atoms with Gasteiger partial charge in [-0.05, 0) is 69.4 Å². The fourth-order valence-corrected chi connectivity index (χ4v) is 6.65. The lowest BCUT2D eigenvalue weighted by atomic mass is 9.64. The number of hydrogen-bond acceptors (Lipinski definition) is 7. The SMILES string of the molecule is CCNC(=O)C(O)CCC(NC(=O)c1cncn1C)C(=O)Nc1cccn(CC(=O)NC23CCCC(CC(C)C2)C3)c1=O. The average Bonchev–Trinajstić information content (AvgIpc) is 3.38. The Morgan fingerprint density at radius 3 is 2.70 bits per heavy atom. The number of anilines is 1. The van der Waals surface area contributed by atoms with Gasteiger partial charge in [0.2, 0.25) is 17.7 Å². The monoisotopic (exact) mass is 597 g/mol. The molecule has 2 bridgehead atoms. The summed E-state index contributed by atoms with van der Waals surface area (Å²) in [6, 6.07) is 1.80. The minimum atomic E-state index is -1.39. The number of carbonyl (C=O) groups excluding carboxylic acids is 4. The molecule has 4 amide bonds. The second-order valence-electron chi connectivity index (χ2n) is 12.1. The number of nitrogens with zero attached hydrogens (tertiary/aromatic N) is 3. The molecule has 13 heteroatoms. The number of aryl methyl sites for hydroxylation is 1. The van der Waals surface area contributed by atoms with E-state index in [9.17, 15) is 29.1 Å². The highest BCUT2D eigenvalue weighted by Crippen LogP contribution is 2.45. The fraction of sp³-hybridized carbons (Fsp3) is 0.600. The van der Waals surface area contributed by atoms with Gasteiger partial charge in [-0.3, -0.25) is 24.0 Å². The van der Waals surface area contributed by atoms with Gasteiger partial charge in [-0.15, -0.1) is 0 Å². The Balaban J connectivity index is 1.45. The smallest absolute Gasteiger partial charge is 0.274 e. The van der Waals surface area contributed by atoms with E-state index >= 15 is 0 Å². The van der Waals surface area contributed by atoms with Crippen LogP contribution in [0.15, 0.2) is 35.6 Å². The Morgan fingerprint density at radius 1 is 1.19 bits per heavy atom. The summed E-state index contributed by atoms with van der Waals surface area (Å²) in [4.78, 5) is 68.5. The van der Waals surface area contributed by atoms with Crippen LogP contribution in [0.4, 0.5) is 5.69 Å². The number of rotatable bonds is 12. The number of hydrogen-bond donors (Lipinski definition) is 5. The van der Waals surface area contributed by atoms with Crippen molar-refractivity contribution in [1.29, 1.82) is 0 Å². The minimum Gasteiger partial charge on any atom is -0.383 e. The number of carbonyl (C=O) groups is 4. The molecule has 2 aliphatic rings. The van der Waals surface area contributed by atoms with E-state index in [0.29, 0.717) is 18.4 Å². The van der Waals surface area contributed by atoms with E-state index in [2.05, 4.69) is 33.2 Å². The van der Waals surface area contributed by atoms with Gasteiger partial charge in [-0.25, -0.2) is 4.98 Å². The first kappa shape index (κ1) is 31.9. The summed E-state index contributed by atoms with van der Waals surface area (Å²) in [7, 11) is 1.62. The predicted octanol–water partition coefficient (Wildman–Crippen LogP) is 1.07. The van der Waals surface area contributed by atoms with Crippen LogP contribution in [0.25, 0.3) is 0 Å². The van der Waals surface area contributed by atoms with Gasteiger partial charge in [0.05, 0.1) is 12.5 Å². The van der Waals surface area contributed by atoms with Crippen molar-refractivity contribution in [3.63, 3.8) is 0 Å². The number of fused-ring (bicyclic) bond motifs is 2. The molecule has 43 heavy (non-hydrogen) atoms. The fourth-order valence-electron chi connectivity index (χ4n) is 6.65. The standard InChI is InChI=1S/C30H43N7O6/c1-4-32-28(42)24(38)10-9-21(33-27(41)23-16-31-18-36(23)3)26(40)34-22-8-6-12-37(29(22)43)17-25(39)35-30-11-5-7-20(15-30)13-19(2)14-30/h6,8,12,16,18-21,24,38H,4-5,7,9-11,13-15,17H2,1-3H3,(H,32,42)(H,33,41)(H,34,40)(H,35,39). The van der Waals surface area contributed by atoms with E-state index in [4.69, 9.17) is 0 Å². The molecule has 5 unspecified atom stereocenters. The van der Waals surface area contributed by atoms with Crippen LogP contribution in [-0.4, -0.2) is 67.1 Å². The largest absolute Gasteiger partial charge is 0.383 e. The van der Waals surface area contributed by atoms with Crippen molar-refractivity contribution in [2.75, 3.05) is 11.9 Å². The zero-order valence-corrected chi connectivity index (χ0v) is 25.1. The molecule has 0 aliphatic heterocycles. The molecule has 2 saturated carbocycles. The number of nitrogens with one attached hydrogen (secondary N) is 4. The summed E-state index contributed by atoms with van der Waals surface area (Å²) in [5, 5.41) is 21.1. The van der Waals surface area contributed by atoms with Gasteiger partial charge >= 0.3 is 0 Å². The van der Waals surface area contributed by atoms with E-state index in [1.165, 1.54) is 46.8 Å². The third kappa shape index (κ3) is 8.09. The second kappa shape index (κ2) is 14.0. The van der Waals surface area contributed by atoms with Gasteiger partial charge in [0.1, 0.15) is 30.1 Å². The van der Waals surface area contributed by atoms with Crippen molar-refractivity contribution >= 4 is 29.3 Å². The molecule has 2 aliphatic carbocycles. The third-order valence-electron chi connectivity index (χ3n) is 8.47. The maximum absolute atomic E-state index is 13.4. The van der Waals surface area contributed by atoms with Crippen molar-refractivity contribution < 1.29 is 24.3 Å². The third-order valence-corrected chi connectivity index (χ3v) is 8.47. The molecule has 0 aromatic carbocycles. The highest BCUT2D eigenvalue weighted by molar-refractivity contribution is 6.00. The van der Waals surface area contributed by atoms with Crippen LogP contribution in [0.2, 0.25) is 0 Å². The van der Waals surface area contributed by atoms with Gasteiger partial charge in [0.15, 0.2) is 0 Å². The normalized spacial score (nSPS) is 22.6. The van der Waals surface area contributed by atoms with Gasteiger partial charge in [0.25, 0.3) is 11.5 Å². The van der Waals surface area contributed by atoms with Crippen LogP contribution in [-0.2, 0) is 28.0 Å². The van der Waals surface area contributed by atoms with Crippen LogP contribution in [0.3, 0.4) is 0 Å². The van der Waals surface area contributed by atoms with Crippen LogP contribution in [0.1, 0.15) is 75.7 Å². The van der Waals surface area contributed by atoms with Crippen molar-refractivity contribution in [3.05, 3.63) is 46.9 Å². The van der Waals surface area contributed by atoms with E-state index in [0.717, 1.165) is 25.7 Å². The zero-order valence-electron chi connectivity index (χ0n) is 25.1. The van der Waals surface area contributed by atoms with E-state index in [1.54, 1.807) is 20.0 Å². The van der Waals surface area contributed by atoms with Crippen molar-refractivity contribution in [1.82, 2.24) is 30.1 Å². The number of pyridine rings is 1. The molecule has 4 rings (SSSR count). The van der Waals surface area contributed by atoms with Gasteiger partial charge in [0, 0.05) is 25.3 Å². The van der Waals surface area contributed by atoms with Crippen LogP contribution >= 0.6 is 0 Å². The summed E-state index contributed by atoms with van der Waals surface area (Å²) in [6.07, 6.45) is 8.98. The Morgan fingerprint density at radius 2 is 1.98 bits per heavy atom. The van der Waals surface area contributed by atoms with E-state index in [1.807, 2.05) is 0 Å². The quantitative estimate of drug-likeness (QED) is 0.243. The Hall–Kier alpha value is -4.00. The lowest BCUT2D eigenvalue weighted by molar-refractivity contribution is -0.130. The van der Waals surface area contributed by atoms with Crippen LogP contribution in [0.5, 0.6) is 0 Å². The molecule has 5 atom stereocenters. The highest BCUT2D eigenvalue weighted by atomic mass is 16.3. The Labute approximate surface area is 250 Å². The number of aliphatic hydroxyl groups is 1. The first-order chi connectivity index (χ1) is 20.5. The minimum absolute atomic E-state index is 0.0634. The maximum atomic E-state index is 13.4. The Bertz CT molecular complexity index is 1380. The summed E-state index contributed by atoms with van der Waals surface area (Å²) in [5.41, 5.74) is -0.663. The number of amides is 4. The number of aliphatic hydroxyl groups excluding tert-OH is 1. The molecule has 2 fully saturated rings. The van der Waals surface area contributed by atoms with Gasteiger partial charge < -0.3 is 35.5 Å². The summed E-state index contributed by atoms with van der Waals surface area (Å²) < 4.78 is 2.73. The Kier molecular flexibility index (Phi) is 10.4. The zero-order chi connectivity index (χ0) is 31.1. The molecule has 2 heterocycles. The maximum Gasteiger partial charge on any atom is 0.274 e. The van der Waals surface area contributed by atoms with Crippen molar-refractivity contribution in [2.24, 2.45) is 18.9 Å². The number of imidazole rings is 1. The first-order valence-corrected chi connectivity index (χ1v) is 15.0. The molecule has 0 radical (unpaired) electrons. The summed E-state index contributed by atoms with van der Waals surface area (Å²) >= 11 is 0. The first-order valence-electron chi connectivity index (χ1n) is 15.0. The van der Waals surface area contributed by atoms with Crippen LogP contribution < -0.4 is 26.8 Å². The molecule has 0 spiro atoms. The molecule has 0 saturated heterocycles. The summed E-state index contributed by atoms with van der Waals surface area (Å²) in [5.74, 6) is -0.977. The summed E-state index contributed by atoms with van der Waals surface area (Å²) in [6.45, 7) is 4.08. The topological polar surface area (TPSA) is 176 Å². The predicted molar refractivity (Wildman–Crippen MR) is 159 cm³/mol. The molecular weight excluding hydrogens is 554 g/mol. The van der Waals surface area contributed by atoms with Gasteiger partial charge in [-0.2, -0.15) is 0 Å². The molecule has 2 aromatic rings. The van der Waals surface area contributed by atoms with Gasteiger partial charge in [-0.1, -0.05) is 19.8 Å². The van der Waals surface area contributed by atoms with E-state index in [-0.39, 0.29) is 42.2 Å². The average molecular weight is 598 g/mol. The highest BCUT2D eigenvalue weighted by Gasteiger charge is 2.42. The lowest BCUT2D eigenvalue weighted by Gasteiger charge is -2.48. The molecule has 2 aromatic heterocycles. The number of likely N-dealkylation sites (N-methyl/N-ethyl adjacent to an activating group) is 1. The second-order valence-corrected chi connectivity index (χ2v) is 12.1. The molecular formula is C30H43N7O6. The van der Waals surface area contributed by atoms with Crippen LogP contribution in [0, 0.1) is 11.8 Å². The van der Waals surface area contributed by atoms with E-state index < -0.39 is 35.4 Å². The number of aromatic nitrogens is 3.